The van der Waals surface area contributed by atoms with Gasteiger partial charge in [0.1, 0.15) is 5.82 Å². The minimum Gasteiger partial charge on any atom is -0.380 e. The molecule has 25 heavy (non-hydrogen) atoms. The van der Waals surface area contributed by atoms with Gasteiger partial charge in [0, 0.05) is 44.6 Å². The number of imidazole rings is 1. The van der Waals surface area contributed by atoms with Crippen LogP contribution in [0.15, 0.2) is 36.7 Å². The highest BCUT2D eigenvalue weighted by Gasteiger charge is 2.45. The second-order valence-electron chi connectivity index (χ2n) is 7.15. The minimum atomic E-state index is -0.0460. The van der Waals surface area contributed by atoms with Crippen molar-refractivity contribution in [1.29, 1.82) is 5.26 Å². The Kier molecular flexibility index (Phi) is 4.20. The molecular weight excluding hydrogens is 314 g/mol. The van der Waals surface area contributed by atoms with Crippen molar-refractivity contribution in [3.8, 4) is 6.07 Å². The van der Waals surface area contributed by atoms with Gasteiger partial charge in [-0.05, 0) is 24.6 Å². The standard InChI is InChI=1S/C19H23N5O/c1-23-8-6-21-18(23)12-24-7-5-19(14-24)10-17(13-25-19)22-16-4-2-3-15(9-16)11-20/h2-4,6,8-9,17,22H,5,7,10,12-14H2,1H3/t17-,19+/m1/s1. The first-order valence-corrected chi connectivity index (χ1v) is 8.75. The van der Waals surface area contributed by atoms with Crippen LogP contribution >= 0.6 is 0 Å². The molecule has 1 spiro atoms. The van der Waals surface area contributed by atoms with Crippen molar-refractivity contribution in [2.45, 2.75) is 31.0 Å². The lowest BCUT2D eigenvalue weighted by Gasteiger charge is -2.23. The molecule has 6 nitrogen and oxygen atoms in total. The Hall–Kier alpha value is -2.36. The van der Waals surface area contributed by atoms with Crippen LogP contribution in [-0.4, -0.2) is 45.8 Å². The van der Waals surface area contributed by atoms with Crippen molar-refractivity contribution in [2.24, 2.45) is 7.05 Å². The first-order chi connectivity index (χ1) is 12.2. The molecule has 1 N–H and O–H groups in total. The fraction of sp³-hybridized carbons (Fsp3) is 0.474. The van der Waals surface area contributed by atoms with Gasteiger partial charge in [-0.1, -0.05) is 6.07 Å². The number of anilines is 1. The number of likely N-dealkylation sites (tertiary alicyclic amines) is 1. The molecule has 0 bridgehead atoms. The molecule has 3 heterocycles. The number of nitrogens with one attached hydrogen (secondary N) is 1. The van der Waals surface area contributed by atoms with E-state index in [0.29, 0.717) is 18.2 Å². The van der Waals surface area contributed by atoms with Gasteiger partial charge in [-0.2, -0.15) is 5.26 Å². The number of hydrogen-bond donors (Lipinski definition) is 1. The molecule has 0 unspecified atom stereocenters. The molecule has 0 amide bonds. The number of aromatic nitrogens is 2. The lowest BCUT2D eigenvalue weighted by molar-refractivity contribution is 0.0117. The van der Waals surface area contributed by atoms with E-state index >= 15 is 0 Å². The molecule has 2 aliphatic rings. The number of ether oxygens (including phenoxy) is 1. The van der Waals surface area contributed by atoms with Crippen LogP contribution in [0.5, 0.6) is 0 Å². The summed E-state index contributed by atoms with van der Waals surface area (Å²) in [6.45, 7) is 3.59. The van der Waals surface area contributed by atoms with Gasteiger partial charge in [-0.15, -0.1) is 0 Å². The SMILES string of the molecule is Cn1ccnc1CN1CC[C@]2(C[C@@H](Nc3cccc(C#N)c3)CO2)C1. The van der Waals surface area contributed by atoms with Gasteiger partial charge in [-0.25, -0.2) is 4.98 Å². The molecule has 2 aliphatic heterocycles. The molecule has 2 saturated heterocycles. The Morgan fingerprint density at radius 3 is 3.20 bits per heavy atom. The van der Waals surface area contributed by atoms with Crippen LogP contribution in [0.2, 0.25) is 0 Å². The monoisotopic (exact) mass is 337 g/mol. The number of nitrogens with zero attached hydrogens (tertiary/aromatic N) is 4. The predicted octanol–water partition coefficient (Wildman–Crippen LogP) is 2.14. The van der Waals surface area contributed by atoms with Crippen molar-refractivity contribution >= 4 is 5.69 Å². The lowest BCUT2D eigenvalue weighted by Crippen LogP contribution is -2.33. The Bertz CT molecular complexity index is 795. The average molecular weight is 337 g/mol. The molecule has 0 saturated carbocycles. The third-order valence-electron chi connectivity index (χ3n) is 5.25. The van der Waals surface area contributed by atoms with E-state index < -0.39 is 0 Å². The molecule has 2 aromatic rings. The van der Waals surface area contributed by atoms with Crippen LogP contribution in [0.1, 0.15) is 24.2 Å². The highest BCUT2D eigenvalue weighted by Crippen LogP contribution is 2.36. The van der Waals surface area contributed by atoms with E-state index in [-0.39, 0.29) is 5.60 Å². The quantitative estimate of drug-likeness (QED) is 0.926. The molecule has 0 aliphatic carbocycles. The highest BCUT2D eigenvalue weighted by molar-refractivity contribution is 5.50. The molecule has 2 atom stereocenters. The highest BCUT2D eigenvalue weighted by atomic mass is 16.5. The summed E-state index contributed by atoms with van der Waals surface area (Å²) in [5, 5.41) is 12.6. The number of aryl methyl sites for hydroxylation is 1. The zero-order chi connectivity index (χ0) is 17.3. The van der Waals surface area contributed by atoms with Crippen LogP contribution in [0.25, 0.3) is 0 Å². The van der Waals surface area contributed by atoms with Crippen LogP contribution < -0.4 is 5.32 Å². The van der Waals surface area contributed by atoms with E-state index in [9.17, 15) is 0 Å². The van der Waals surface area contributed by atoms with E-state index in [1.807, 2.05) is 43.7 Å². The summed E-state index contributed by atoms with van der Waals surface area (Å²) in [6.07, 6.45) is 5.90. The van der Waals surface area contributed by atoms with E-state index in [2.05, 4.69) is 25.8 Å². The van der Waals surface area contributed by atoms with Gasteiger partial charge >= 0.3 is 0 Å². The summed E-state index contributed by atoms with van der Waals surface area (Å²) in [7, 11) is 2.04. The first-order valence-electron chi connectivity index (χ1n) is 8.75. The van der Waals surface area contributed by atoms with Crippen molar-refractivity contribution < 1.29 is 4.74 Å². The van der Waals surface area contributed by atoms with Gasteiger partial charge in [0.2, 0.25) is 0 Å². The Balaban J connectivity index is 1.36. The maximum absolute atomic E-state index is 9.03. The molecule has 2 fully saturated rings. The van der Waals surface area contributed by atoms with Crippen LogP contribution in [0.3, 0.4) is 0 Å². The van der Waals surface area contributed by atoms with Gasteiger partial charge in [0.25, 0.3) is 0 Å². The first kappa shape index (κ1) is 16.1. The molecule has 0 radical (unpaired) electrons. The lowest BCUT2D eigenvalue weighted by atomic mass is 9.97. The second-order valence-corrected chi connectivity index (χ2v) is 7.15. The van der Waals surface area contributed by atoms with E-state index in [1.165, 1.54) is 0 Å². The predicted molar refractivity (Wildman–Crippen MR) is 95.0 cm³/mol. The van der Waals surface area contributed by atoms with E-state index in [1.54, 1.807) is 0 Å². The molecule has 1 aromatic carbocycles. The fourth-order valence-electron chi connectivity index (χ4n) is 3.95. The molecular formula is C19H23N5O. The minimum absolute atomic E-state index is 0.0460. The molecule has 1 aromatic heterocycles. The van der Waals surface area contributed by atoms with Crippen molar-refractivity contribution in [3.63, 3.8) is 0 Å². The van der Waals surface area contributed by atoms with Gasteiger partial charge in [0.15, 0.2) is 0 Å². The van der Waals surface area contributed by atoms with Crippen LogP contribution in [-0.2, 0) is 18.3 Å². The number of nitriles is 1. The van der Waals surface area contributed by atoms with Crippen molar-refractivity contribution in [1.82, 2.24) is 14.5 Å². The molecule has 6 heteroatoms. The van der Waals surface area contributed by atoms with Gasteiger partial charge in [0.05, 0.1) is 36.4 Å². The van der Waals surface area contributed by atoms with Crippen molar-refractivity contribution in [3.05, 3.63) is 48.0 Å². The van der Waals surface area contributed by atoms with Gasteiger partial charge < -0.3 is 14.6 Å². The maximum atomic E-state index is 9.03. The van der Waals surface area contributed by atoms with Crippen molar-refractivity contribution in [2.75, 3.05) is 25.0 Å². The Labute approximate surface area is 148 Å². The number of hydrogen-bond acceptors (Lipinski definition) is 5. The van der Waals surface area contributed by atoms with Gasteiger partial charge in [-0.3, -0.25) is 4.90 Å². The summed E-state index contributed by atoms with van der Waals surface area (Å²) in [6, 6.07) is 10.1. The molecule has 130 valence electrons. The number of rotatable bonds is 4. The summed E-state index contributed by atoms with van der Waals surface area (Å²) in [5.41, 5.74) is 1.63. The summed E-state index contributed by atoms with van der Waals surface area (Å²) in [5.74, 6) is 1.10. The zero-order valence-corrected chi connectivity index (χ0v) is 14.5. The second kappa shape index (κ2) is 6.51. The third-order valence-corrected chi connectivity index (χ3v) is 5.25. The maximum Gasteiger partial charge on any atom is 0.122 e. The smallest absolute Gasteiger partial charge is 0.122 e. The fourth-order valence-corrected chi connectivity index (χ4v) is 3.95. The largest absolute Gasteiger partial charge is 0.380 e. The Morgan fingerprint density at radius 1 is 1.48 bits per heavy atom. The Morgan fingerprint density at radius 2 is 2.40 bits per heavy atom. The number of benzene rings is 1. The normalized spacial score (nSPS) is 26.2. The molecule has 4 rings (SSSR count). The summed E-state index contributed by atoms with van der Waals surface area (Å²) in [4.78, 5) is 6.85. The summed E-state index contributed by atoms with van der Waals surface area (Å²) >= 11 is 0. The topological polar surface area (TPSA) is 66.1 Å². The van der Waals surface area contributed by atoms with E-state index in [0.717, 1.165) is 44.0 Å². The van der Waals surface area contributed by atoms with Crippen LogP contribution in [0, 0.1) is 11.3 Å². The average Bonchev–Trinajstić information content (AvgIpc) is 3.31. The third kappa shape index (κ3) is 3.39. The summed E-state index contributed by atoms with van der Waals surface area (Å²) < 4.78 is 8.30. The van der Waals surface area contributed by atoms with Crippen LogP contribution in [0.4, 0.5) is 5.69 Å². The van der Waals surface area contributed by atoms with E-state index in [4.69, 9.17) is 10.00 Å². The zero-order valence-electron chi connectivity index (χ0n) is 14.5.